The fourth-order valence-corrected chi connectivity index (χ4v) is 2.18. The van der Waals surface area contributed by atoms with Crippen LogP contribution in [0.4, 0.5) is 0 Å². The maximum Gasteiger partial charge on any atom is 0.257 e. The Kier molecular flexibility index (Phi) is 4.33. The van der Waals surface area contributed by atoms with Crippen molar-refractivity contribution in [1.82, 2.24) is 15.1 Å². The number of likely N-dealkylation sites (tertiary alicyclic amines) is 1. The lowest BCUT2D eigenvalue weighted by molar-refractivity contribution is -0.00555. The minimum atomic E-state index is 0.0295. The Morgan fingerprint density at radius 3 is 2.89 bits per heavy atom. The number of H-pyrrole nitrogens is 1. The first-order valence-electron chi connectivity index (χ1n) is 6.24. The van der Waals surface area contributed by atoms with Crippen molar-refractivity contribution >= 4 is 5.91 Å². The molecule has 1 saturated heterocycles. The van der Waals surface area contributed by atoms with Gasteiger partial charge in [-0.1, -0.05) is 0 Å². The van der Waals surface area contributed by atoms with Crippen LogP contribution < -0.4 is 0 Å². The summed E-state index contributed by atoms with van der Waals surface area (Å²) in [6.45, 7) is 3.66. The molecule has 1 fully saturated rings. The molecule has 0 atom stereocenters. The zero-order chi connectivity index (χ0) is 13.0. The number of aromatic nitrogens is 2. The maximum absolute atomic E-state index is 12.2. The van der Waals surface area contributed by atoms with Crippen LogP contribution in [-0.2, 0) is 4.74 Å². The minimum Gasteiger partial charge on any atom is -0.394 e. The average Bonchev–Trinajstić information content (AvgIpc) is 2.82. The lowest BCUT2D eigenvalue weighted by Gasteiger charge is -2.31. The fraction of sp³-hybridized carbons (Fsp3) is 0.667. The fourth-order valence-electron chi connectivity index (χ4n) is 2.18. The number of carbonyl (C=O) groups excluding carboxylic acids is 1. The van der Waals surface area contributed by atoms with Gasteiger partial charge in [-0.2, -0.15) is 5.10 Å². The van der Waals surface area contributed by atoms with Crippen LogP contribution in [0.3, 0.4) is 0 Å². The number of hydrogen-bond donors (Lipinski definition) is 2. The number of ether oxygens (including phenoxy) is 1. The number of aromatic amines is 1. The molecule has 18 heavy (non-hydrogen) atoms. The van der Waals surface area contributed by atoms with Gasteiger partial charge in [0.2, 0.25) is 0 Å². The van der Waals surface area contributed by atoms with Crippen LogP contribution in [0.5, 0.6) is 0 Å². The van der Waals surface area contributed by atoms with E-state index in [0.717, 1.165) is 18.5 Å². The quantitative estimate of drug-likeness (QED) is 0.810. The monoisotopic (exact) mass is 253 g/mol. The lowest BCUT2D eigenvalue weighted by Crippen LogP contribution is -2.41. The normalized spacial score (nSPS) is 17.1. The summed E-state index contributed by atoms with van der Waals surface area (Å²) in [6, 6.07) is 0. The van der Waals surface area contributed by atoms with Gasteiger partial charge in [0.15, 0.2) is 0 Å². The van der Waals surface area contributed by atoms with Crippen molar-refractivity contribution in [1.29, 1.82) is 0 Å². The highest BCUT2D eigenvalue weighted by Crippen LogP contribution is 2.17. The molecule has 1 aromatic heterocycles. The second-order valence-corrected chi connectivity index (χ2v) is 4.49. The smallest absolute Gasteiger partial charge is 0.257 e. The van der Waals surface area contributed by atoms with Crippen molar-refractivity contribution < 1.29 is 14.6 Å². The van der Waals surface area contributed by atoms with Crippen LogP contribution in [0.25, 0.3) is 0 Å². The average molecular weight is 253 g/mol. The summed E-state index contributed by atoms with van der Waals surface area (Å²) in [5, 5.41) is 15.3. The molecule has 0 saturated carbocycles. The molecule has 0 aromatic carbocycles. The second-order valence-electron chi connectivity index (χ2n) is 4.49. The zero-order valence-electron chi connectivity index (χ0n) is 10.6. The van der Waals surface area contributed by atoms with Crippen LogP contribution >= 0.6 is 0 Å². The number of rotatable bonds is 4. The van der Waals surface area contributed by atoms with Crippen molar-refractivity contribution in [3.63, 3.8) is 0 Å². The number of nitrogens with one attached hydrogen (secondary N) is 1. The molecule has 100 valence electrons. The highest BCUT2D eigenvalue weighted by atomic mass is 16.5. The number of carbonyl (C=O) groups is 1. The Morgan fingerprint density at radius 1 is 1.61 bits per heavy atom. The van der Waals surface area contributed by atoms with E-state index >= 15 is 0 Å². The van der Waals surface area contributed by atoms with E-state index < -0.39 is 0 Å². The van der Waals surface area contributed by atoms with Crippen LogP contribution in [0.1, 0.15) is 28.9 Å². The third-order valence-electron chi connectivity index (χ3n) is 3.23. The van der Waals surface area contributed by atoms with E-state index in [1.807, 2.05) is 11.8 Å². The van der Waals surface area contributed by atoms with Gasteiger partial charge in [0.25, 0.3) is 5.91 Å². The zero-order valence-corrected chi connectivity index (χ0v) is 10.6. The van der Waals surface area contributed by atoms with Crippen LogP contribution in [0, 0.1) is 6.92 Å². The largest absolute Gasteiger partial charge is 0.394 e. The van der Waals surface area contributed by atoms with Crippen LogP contribution in [-0.4, -0.2) is 58.5 Å². The van der Waals surface area contributed by atoms with Gasteiger partial charge in [0.1, 0.15) is 0 Å². The molecule has 1 aromatic rings. The number of aliphatic hydroxyl groups is 1. The van der Waals surface area contributed by atoms with Gasteiger partial charge < -0.3 is 14.7 Å². The summed E-state index contributed by atoms with van der Waals surface area (Å²) in [5.74, 6) is 0.0295. The molecule has 2 N–H and O–H groups in total. The van der Waals surface area contributed by atoms with Gasteiger partial charge in [-0.25, -0.2) is 0 Å². The Bertz CT molecular complexity index is 397. The topological polar surface area (TPSA) is 78.5 Å². The molecule has 6 heteroatoms. The molecular weight excluding hydrogens is 234 g/mol. The van der Waals surface area contributed by atoms with Crippen molar-refractivity contribution in [2.45, 2.75) is 25.9 Å². The highest BCUT2D eigenvalue weighted by Gasteiger charge is 2.25. The first kappa shape index (κ1) is 13.0. The van der Waals surface area contributed by atoms with E-state index in [4.69, 9.17) is 9.84 Å². The van der Waals surface area contributed by atoms with Crippen molar-refractivity contribution in [3.05, 3.63) is 17.5 Å². The first-order chi connectivity index (χ1) is 8.72. The number of aryl methyl sites for hydroxylation is 1. The van der Waals surface area contributed by atoms with E-state index in [1.165, 1.54) is 0 Å². The number of hydrogen-bond acceptors (Lipinski definition) is 4. The number of amides is 1. The highest BCUT2D eigenvalue weighted by molar-refractivity contribution is 5.95. The van der Waals surface area contributed by atoms with Gasteiger partial charge in [-0.3, -0.25) is 9.89 Å². The van der Waals surface area contributed by atoms with Crippen LogP contribution in [0.15, 0.2) is 6.20 Å². The van der Waals surface area contributed by atoms with Gasteiger partial charge in [-0.15, -0.1) is 0 Å². The molecule has 1 amide bonds. The molecule has 1 aliphatic heterocycles. The molecule has 0 radical (unpaired) electrons. The molecule has 0 bridgehead atoms. The van der Waals surface area contributed by atoms with E-state index in [0.29, 0.717) is 25.3 Å². The van der Waals surface area contributed by atoms with Crippen molar-refractivity contribution in [2.24, 2.45) is 0 Å². The molecule has 0 unspecified atom stereocenters. The minimum absolute atomic E-state index is 0.0295. The van der Waals surface area contributed by atoms with Crippen molar-refractivity contribution in [2.75, 3.05) is 26.3 Å². The second kappa shape index (κ2) is 5.97. The Hall–Kier alpha value is -1.40. The first-order valence-corrected chi connectivity index (χ1v) is 6.24. The number of aliphatic hydroxyl groups excluding tert-OH is 1. The van der Waals surface area contributed by atoms with E-state index in [9.17, 15) is 4.79 Å². The summed E-state index contributed by atoms with van der Waals surface area (Å²) in [4.78, 5) is 14.0. The van der Waals surface area contributed by atoms with Gasteiger partial charge in [-0.05, 0) is 19.8 Å². The van der Waals surface area contributed by atoms with Crippen molar-refractivity contribution in [3.8, 4) is 0 Å². The molecule has 6 nitrogen and oxygen atoms in total. The number of piperidine rings is 1. The maximum atomic E-state index is 12.2. The lowest BCUT2D eigenvalue weighted by atomic mass is 10.1. The predicted molar refractivity (Wildman–Crippen MR) is 65.3 cm³/mol. The molecule has 2 rings (SSSR count). The van der Waals surface area contributed by atoms with E-state index in [1.54, 1.807) is 6.20 Å². The Morgan fingerprint density at radius 2 is 2.33 bits per heavy atom. The molecule has 1 aliphatic rings. The van der Waals surface area contributed by atoms with E-state index in [-0.39, 0.29) is 18.6 Å². The molecule has 2 heterocycles. The SMILES string of the molecule is Cc1[nH]ncc1C(=O)N1CCC(OCCO)CC1. The summed E-state index contributed by atoms with van der Waals surface area (Å²) in [5.41, 5.74) is 1.45. The van der Waals surface area contributed by atoms with E-state index in [2.05, 4.69) is 10.2 Å². The van der Waals surface area contributed by atoms with Gasteiger partial charge in [0, 0.05) is 18.8 Å². The summed E-state index contributed by atoms with van der Waals surface area (Å²) in [7, 11) is 0. The third-order valence-corrected chi connectivity index (χ3v) is 3.23. The van der Waals surface area contributed by atoms with Crippen LogP contribution in [0.2, 0.25) is 0 Å². The Balaban J connectivity index is 1.86. The molecule has 0 spiro atoms. The molecular formula is C12H19N3O3. The Labute approximate surface area is 106 Å². The van der Waals surface area contributed by atoms with Gasteiger partial charge in [0.05, 0.1) is 31.1 Å². The predicted octanol–water partition coefficient (Wildman–Crippen LogP) is 0.332. The number of nitrogens with zero attached hydrogens (tertiary/aromatic N) is 2. The summed E-state index contributed by atoms with van der Waals surface area (Å²) < 4.78 is 5.47. The standard InChI is InChI=1S/C12H19N3O3/c1-9-11(8-13-14-9)12(17)15-4-2-10(3-5-15)18-7-6-16/h8,10,16H,2-7H2,1H3,(H,13,14). The summed E-state index contributed by atoms with van der Waals surface area (Å²) >= 11 is 0. The summed E-state index contributed by atoms with van der Waals surface area (Å²) in [6.07, 6.45) is 3.38. The molecule has 0 aliphatic carbocycles. The van der Waals surface area contributed by atoms with Gasteiger partial charge >= 0.3 is 0 Å². The third kappa shape index (κ3) is 2.88.